The smallest absolute Gasteiger partial charge is 0.253 e. The SMILES string of the molecule is COc1ccc(/C=C2/CCC[C@H]3C2=NN(C(=O)CSc2ccccn2)[C@H]3c2ccc(OC)cc2)cc1. The number of fused-ring (bicyclic) bond motifs is 1. The van der Waals surface area contributed by atoms with Crippen molar-refractivity contribution >= 4 is 29.5 Å². The summed E-state index contributed by atoms with van der Waals surface area (Å²) < 4.78 is 10.7. The largest absolute Gasteiger partial charge is 0.497 e. The van der Waals surface area contributed by atoms with E-state index in [0.717, 1.165) is 52.6 Å². The van der Waals surface area contributed by atoms with Crippen LogP contribution in [0.5, 0.6) is 11.5 Å². The number of benzene rings is 2. The Kier molecular flexibility index (Phi) is 7.37. The van der Waals surface area contributed by atoms with Crippen LogP contribution in [0.3, 0.4) is 0 Å². The molecule has 0 spiro atoms. The second-order valence-corrected chi connectivity index (χ2v) is 9.84. The molecule has 0 N–H and O–H groups in total. The number of methoxy groups -OCH3 is 2. The number of rotatable bonds is 7. The van der Waals surface area contributed by atoms with Crippen LogP contribution in [0, 0.1) is 5.92 Å². The van der Waals surface area contributed by atoms with Gasteiger partial charge in [-0.3, -0.25) is 4.79 Å². The van der Waals surface area contributed by atoms with Crippen LogP contribution < -0.4 is 9.47 Å². The fourth-order valence-electron chi connectivity index (χ4n) is 4.88. The molecule has 0 radical (unpaired) electrons. The first-order valence-corrected chi connectivity index (χ1v) is 13.1. The molecule has 1 aliphatic carbocycles. The molecule has 0 bridgehead atoms. The predicted octanol–water partition coefficient (Wildman–Crippen LogP) is 6.01. The summed E-state index contributed by atoms with van der Waals surface area (Å²) >= 11 is 1.44. The van der Waals surface area contributed by atoms with Crippen molar-refractivity contribution in [2.75, 3.05) is 20.0 Å². The van der Waals surface area contributed by atoms with Crippen molar-refractivity contribution in [2.45, 2.75) is 30.3 Å². The highest BCUT2D eigenvalue weighted by atomic mass is 32.2. The zero-order valence-electron chi connectivity index (χ0n) is 20.5. The molecule has 1 aliphatic heterocycles. The topological polar surface area (TPSA) is 64.0 Å². The van der Waals surface area contributed by atoms with Gasteiger partial charge in [0.05, 0.1) is 36.8 Å². The van der Waals surface area contributed by atoms with E-state index in [9.17, 15) is 4.79 Å². The molecule has 36 heavy (non-hydrogen) atoms. The standard InChI is InChI=1S/C29H29N3O3S/c1-34-23-13-9-20(10-14-23)18-22-6-5-7-25-28(22)31-32(27(33)19-36-26-8-3-4-17-30-26)29(25)21-11-15-24(35-2)16-12-21/h3-4,8-18,25,29H,5-7,19H2,1-2H3/b22-18-/t25-,29-/m0/s1. The normalized spacial score (nSPS) is 20.1. The van der Waals surface area contributed by atoms with E-state index >= 15 is 0 Å². The maximum atomic E-state index is 13.5. The third-order valence-electron chi connectivity index (χ3n) is 6.65. The van der Waals surface area contributed by atoms with Crippen molar-refractivity contribution < 1.29 is 14.3 Å². The fraction of sp³-hybridized carbons (Fsp3) is 0.276. The fourth-order valence-corrected chi connectivity index (χ4v) is 5.59. The Morgan fingerprint density at radius 1 is 1.03 bits per heavy atom. The van der Waals surface area contributed by atoms with Gasteiger partial charge < -0.3 is 9.47 Å². The zero-order valence-corrected chi connectivity index (χ0v) is 21.3. The lowest BCUT2D eigenvalue weighted by molar-refractivity contribution is -0.130. The average molecular weight is 500 g/mol. The summed E-state index contributed by atoms with van der Waals surface area (Å²) in [5.74, 6) is 2.05. The number of thioether (sulfide) groups is 1. The molecule has 0 unspecified atom stereocenters. The highest BCUT2D eigenvalue weighted by Gasteiger charge is 2.43. The molecule has 1 aromatic heterocycles. The quantitative estimate of drug-likeness (QED) is 0.372. The Bertz CT molecular complexity index is 1260. The van der Waals surface area contributed by atoms with Crippen LogP contribution in [-0.4, -0.2) is 41.6 Å². The number of carbonyl (C=O) groups excluding carboxylic acids is 1. The van der Waals surface area contributed by atoms with Crippen molar-refractivity contribution in [3.63, 3.8) is 0 Å². The summed E-state index contributed by atoms with van der Waals surface area (Å²) in [7, 11) is 3.33. The van der Waals surface area contributed by atoms with Gasteiger partial charge in [-0.25, -0.2) is 9.99 Å². The second-order valence-electron chi connectivity index (χ2n) is 8.84. The second kappa shape index (κ2) is 11.0. The van der Waals surface area contributed by atoms with Gasteiger partial charge in [0.1, 0.15) is 11.5 Å². The molecular formula is C29H29N3O3S. The monoisotopic (exact) mass is 499 g/mol. The molecule has 2 heterocycles. The van der Waals surface area contributed by atoms with E-state index < -0.39 is 0 Å². The minimum atomic E-state index is -0.137. The molecule has 2 aromatic carbocycles. The number of aromatic nitrogens is 1. The van der Waals surface area contributed by atoms with Gasteiger partial charge >= 0.3 is 0 Å². The first kappa shape index (κ1) is 24.1. The number of carbonyl (C=O) groups is 1. The van der Waals surface area contributed by atoms with Gasteiger partial charge in [-0.2, -0.15) is 5.10 Å². The summed E-state index contributed by atoms with van der Waals surface area (Å²) in [6.07, 6.45) is 6.94. The molecule has 5 rings (SSSR count). The van der Waals surface area contributed by atoms with Crippen LogP contribution in [0.1, 0.15) is 36.4 Å². The number of pyridine rings is 1. The molecular weight excluding hydrogens is 470 g/mol. The Labute approximate surface area is 216 Å². The Balaban J connectivity index is 1.46. The minimum Gasteiger partial charge on any atom is -0.497 e. The van der Waals surface area contributed by atoms with Crippen molar-refractivity contribution in [1.29, 1.82) is 0 Å². The van der Waals surface area contributed by atoms with Gasteiger partial charge in [0.15, 0.2) is 0 Å². The molecule has 7 heteroatoms. The summed E-state index contributed by atoms with van der Waals surface area (Å²) in [4.78, 5) is 17.9. The van der Waals surface area contributed by atoms with Crippen molar-refractivity contribution in [3.05, 3.63) is 89.6 Å². The third-order valence-corrected chi connectivity index (χ3v) is 7.58. The van der Waals surface area contributed by atoms with Crippen LogP contribution in [-0.2, 0) is 4.79 Å². The first-order chi connectivity index (χ1) is 17.7. The predicted molar refractivity (Wildman–Crippen MR) is 143 cm³/mol. The summed E-state index contributed by atoms with van der Waals surface area (Å²) in [6, 6.07) is 21.6. The lowest BCUT2D eigenvalue weighted by atomic mass is 9.77. The number of hydrogen-bond acceptors (Lipinski definition) is 6. The van der Waals surface area contributed by atoms with E-state index in [0.29, 0.717) is 0 Å². The van der Waals surface area contributed by atoms with E-state index in [-0.39, 0.29) is 23.6 Å². The molecule has 2 atom stereocenters. The minimum absolute atomic E-state index is 0.0165. The average Bonchev–Trinajstić information content (AvgIpc) is 3.33. The molecule has 1 saturated carbocycles. The van der Waals surface area contributed by atoms with Gasteiger partial charge in [0.25, 0.3) is 5.91 Å². The van der Waals surface area contributed by atoms with Gasteiger partial charge in [0, 0.05) is 12.1 Å². The van der Waals surface area contributed by atoms with Crippen LogP contribution in [0.25, 0.3) is 6.08 Å². The Morgan fingerprint density at radius 3 is 2.42 bits per heavy atom. The van der Waals surface area contributed by atoms with E-state index in [1.165, 1.54) is 17.3 Å². The summed E-state index contributed by atoms with van der Waals surface area (Å²) in [6.45, 7) is 0. The molecule has 3 aromatic rings. The number of allylic oxidation sites excluding steroid dienone is 1. The van der Waals surface area contributed by atoms with Crippen molar-refractivity contribution in [1.82, 2.24) is 9.99 Å². The van der Waals surface area contributed by atoms with Gasteiger partial charge in [-0.05, 0) is 78.4 Å². The molecule has 0 saturated heterocycles. The number of nitrogens with zero attached hydrogens (tertiary/aromatic N) is 3. The lowest BCUT2D eigenvalue weighted by Gasteiger charge is -2.29. The van der Waals surface area contributed by atoms with Crippen LogP contribution >= 0.6 is 11.8 Å². The van der Waals surface area contributed by atoms with E-state index in [4.69, 9.17) is 14.6 Å². The molecule has 6 nitrogen and oxygen atoms in total. The Hall–Kier alpha value is -3.58. The van der Waals surface area contributed by atoms with E-state index in [2.05, 4.69) is 35.3 Å². The van der Waals surface area contributed by atoms with Crippen LogP contribution in [0.2, 0.25) is 0 Å². The third kappa shape index (κ3) is 5.16. The summed E-state index contributed by atoms with van der Waals surface area (Å²) in [5.41, 5.74) is 4.39. The first-order valence-electron chi connectivity index (χ1n) is 12.1. The summed E-state index contributed by atoms with van der Waals surface area (Å²) in [5, 5.41) is 7.52. The number of hydrogen-bond donors (Lipinski definition) is 0. The number of ether oxygens (including phenoxy) is 2. The van der Waals surface area contributed by atoms with Crippen molar-refractivity contribution in [2.24, 2.45) is 11.0 Å². The Morgan fingerprint density at radius 2 is 1.75 bits per heavy atom. The maximum absolute atomic E-state index is 13.5. The molecule has 184 valence electrons. The highest BCUT2D eigenvalue weighted by Crippen LogP contribution is 2.45. The lowest BCUT2D eigenvalue weighted by Crippen LogP contribution is -2.32. The molecule has 2 aliphatic rings. The van der Waals surface area contributed by atoms with E-state index in [1.807, 2.05) is 42.5 Å². The molecule has 1 amide bonds. The van der Waals surface area contributed by atoms with Crippen molar-refractivity contribution in [3.8, 4) is 11.5 Å². The van der Waals surface area contributed by atoms with E-state index in [1.54, 1.807) is 25.4 Å². The van der Waals surface area contributed by atoms with Crippen LogP contribution in [0.4, 0.5) is 0 Å². The van der Waals surface area contributed by atoms with Gasteiger partial charge in [-0.15, -0.1) is 0 Å². The van der Waals surface area contributed by atoms with Gasteiger partial charge in [0.2, 0.25) is 0 Å². The number of amides is 1. The van der Waals surface area contributed by atoms with Crippen LogP contribution in [0.15, 0.2) is 88.6 Å². The highest BCUT2D eigenvalue weighted by molar-refractivity contribution is 7.99. The number of hydrazone groups is 1. The molecule has 1 fully saturated rings. The maximum Gasteiger partial charge on any atom is 0.253 e. The van der Waals surface area contributed by atoms with Gasteiger partial charge in [-0.1, -0.05) is 42.1 Å². The zero-order chi connectivity index (χ0) is 24.9.